The first-order chi connectivity index (χ1) is 11.2. The van der Waals surface area contributed by atoms with E-state index in [0.717, 1.165) is 21.7 Å². The van der Waals surface area contributed by atoms with Crippen molar-refractivity contribution >= 4 is 51.6 Å². The lowest BCUT2D eigenvalue weighted by Crippen LogP contribution is -2.07. The lowest BCUT2D eigenvalue weighted by Gasteiger charge is -2.08. The Kier molecular flexibility index (Phi) is 9.15. The van der Waals surface area contributed by atoms with E-state index in [-0.39, 0.29) is 11.2 Å². The number of halogens is 4. The third-order valence-electron chi connectivity index (χ3n) is 3.47. The van der Waals surface area contributed by atoms with Crippen molar-refractivity contribution in [3.8, 4) is 0 Å². The van der Waals surface area contributed by atoms with E-state index in [1.807, 2.05) is 50.2 Å². The molecule has 0 amide bonds. The van der Waals surface area contributed by atoms with Crippen LogP contribution in [0.2, 0.25) is 10.0 Å². The minimum Gasteiger partial charge on any atom is -0.281 e. The van der Waals surface area contributed by atoms with Gasteiger partial charge < -0.3 is 0 Å². The number of hydrogen-bond donors (Lipinski definition) is 0. The molecule has 2 rings (SSSR count). The van der Waals surface area contributed by atoms with Gasteiger partial charge in [-0.15, -0.1) is 11.6 Å². The van der Waals surface area contributed by atoms with E-state index in [4.69, 9.17) is 46.4 Å². The number of benzene rings is 2. The minimum absolute atomic E-state index is 0.183. The Morgan fingerprint density at radius 2 is 1.42 bits per heavy atom. The highest BCUT2D eigenvalue weighted by molar-refractivity contribution is 6.63. The number of hydrogen-bond acceptors (Lipinski definition) is 1. The molecule has 0 saturated heterocycles. The zero-order valence-electron chi connectivity index (χ0n) is 13.9. The molecule has 2 aromatic rings. The Labute approximate surface area is 163 Å². The van der Waals surface area contributed by atoms with Crippen molar-refractivity contribution in [3.63, 3.8) is 0 Å². The van der Waals surface area contributed by atoms with E-state index in [9.17, 15) is 4.79 Å². The van der Waals surface area contributed by atoms with Crippen LogP contribution in [-0.2, 0) is 17.1 Å². The lowest BCUT2D eigenvalue weighted by molar-refractivity contribution is -0.114. The summed E-state index contributed by atoms with van der Waals surface area (Å²) in [5.74, 6) is 0.302. The van der Waals surface area contributed by atoms with Crippen molar-refractivity contribution < 1.29 is 4.79 Å². The molecule has 0 saturated carbocycles. The van der Waals surface area contributed by atoms with E-state index in [2.05, 4.69) is 0 Å². The molecule has 24 heavy (non-hydrogen) atoms. The molecule has 0 N–H and O–H groups in total. The second-order valence-corrected chi connectivity index (χ2v) is 7.19. The molecule has 5 heteroatoms. The normalized spacial score (nSPS) is 11.5. The fourth-order valence-corrected chi connectivity index (χ4v) is 2.98. The van der Waals surface area contributed by atoms with Gasteiger partial charge in [-0.3, -0.25) is 4.79 Å². The quantitative estimate of drug-likeness (QED) is 0.396. The van der Waals surface area contributed by atoms with Crippen molar-refractivity contribution in [2.75, 3.05) is 0 Å². The van der Waals surface area contributed by atoms with Crippen LogP contribution in [0.1, 0.15) is 29.2 Å². The smallest absolute Gasteiger partial charge is 0.224 e. The molecule has 0 aliphatic rings. The number of carbonyl (C=O) groups excluding carboxylic acids is 1. The van der Waals surface area contributed by atoms with Gasteiger partial charge in [0.2, 0.25) is 5.24 Å². The van der Waals surface area contributed by atoms with Crippen molar-refractivity contribution in [2.45, 2.75) is 33.1 Å². The van der Waals surface area contributed by atoms with E-state index in [0.29, 0.717) is 17.3 Å². The van der Waals surface area contributed by atoms with Crippen molar-refractivity contribution in [1.29, 1.82) is 0 Å². The second kappa shape index (κ2) is 10.3. The van der Waals surface area contributed by atoms with Crippen LogP contribution in [0.3, 0.4) is 0 Å². The Bertz CT molecular complexity index is 698. The molecule has 0 aliphatic heterocycles. The summed E-state index contributed by atoms with van der Waals surface area (Å²) in [7, 11) is 0. The van der Waals surface area contributed by atoms with Gasteiger partial charge in [0, 0.05) is 21.8 Å². The van der Waals surface area contributed by atoms with Gasteiger partial charge in [-0.1, -0.05) is 54.4 Å². The van der Waals surface area contributed by atoms with Crippen LogP contribution in [-0.4, -0.2) is 5.24 Å². The fraction of sp³-hybridized carbons (Fsp3) is 0.316. The molecular weight excluding hydrogens is 386 g/mol. The summed E-state index contributed by atoms with van der Waals surface area (Å²) in [4.78, 5) is 10.8. The van der Waals surface area contributed by atoms with Crippen LogP contribution in [0, 0.1) is 19.8 Å². The highest BCUT2D eigenvalue weighted by Gasteiger charge is 2.12. The second-order valence-electron chi connectivity index (χ2n) is 5.73. The SMILES string of the molecule is Cc1ccc(CC(C)C(=O)Cl)c(Cl)c1.Cc1ccc(CCl)c(Cl)c1. The van der Waals surface area contributed by atoms with Crippen molar-refractivity contribution in [1.82, 2.24) is 0 Å². The molecule has 0 spiro atoms. The molecular formula is C19H20Cl4O. The van der Waals surface area contributed by atoms with Crippen LogP contribution in [0.25, 0.3) is 0 Å². The van der Waals surface area contributed by atoms with Gasteiger partial charge in [-0.25, -0.2) is 0 Å². The number of aryl methyl sites for hydroxylation is 2. The molecule has 0 heterocycles. The molecule has 1 nitrogen and oxygen atoms in total. The molecule has 2 aromatic carbocycles. The summed E-state index contributed by atoms with van der Waals surface area (Å²) in [6, 6.07) is 11.7. The molecule has 130 valence electrons. The van der Waals surface area contributed by atoms with Gasteiger partial charge in [0.15, 0.2) is 0 Å². The summed E-state index contributed by atoms with van der Waals surface area (Å²) in [6.07, 6.45) is 0.599. The Balaban J connectivity index is 0.000000254. The summed E-state index contributed by atoms with van der Waals surface area (Å²) in [6.45, 7) is 5.78. The lowest BCUT2D eigenvalue weighted by atomic mass is 10.0. The maximum atomic E-state index is 10.8. The Hall–Kier alpha value is -0.730. The summed E-state index contributed by atoms with van der Waals surface area (Å²) >= 11 is 22.8. The van der Waals surface area contributed by atoms with Crippen molar-refractivity contribution in [3.05, 3.63) is 68.7 Å². The highest BCUT2D eigenvalue weighted by atomic mass is 35.5. The van der Waals surface area contributed by atoms with Crippen LogP contribution < -0.4 is 0 Å². The van der Waals surface area contributed by atoms with E-state index in [1.54, 1.807) is 6.92 Å². The molecule has 0 fully saturated rings. The molecule has 1 unspecified atom stereocenters. The number of rotatable bonds is 4. The third kappa shape index (κ3) is 7.03. The first-order valence-electron chi connectivity index (χ1n) is 7.50. The first kappa shape index (κ1) is 21.3. The monoisotopic (exact) mass is 404 g/mol. The average Bonchev–Trinajstić information content (AvgIpc) is 2.50. The van der Waals surface area contributed by atoms with Gasteiger partial charge in [0.1, 0.15) is 0 Å². The predicted octanol–water partition coefficient (Wildman–Crippen LogP) is 6.98. The minimum atomic E-state index is -0.318. The predicted molar refractivity (Wildman–Crippen MR) is 106 cm³/mol. The molecule has 0 radical (unpaired) electrons. The van der Waals surface area contributed by atoms with Gasteiger partial charge in [0.25, 0.3) is 0 Å². The molecule has 0 aromatic heterocycles. The molecule has 1 atom stereocenters. The van der Waals surface area contributed by atoms with E-state index in [1.165, 1.54) is 5.56 Å². The van der Waals surface area contributed by atoms with Gasteiger partial charge in [-0.2, -0.15) is 0 Å². The standard InChI is InChI=1S/C11H12Cl2O.C8H8Cl2/c1-7-3-4-9(10(12)5-7)6-8(2)11(13)14;1-6-2-3-7(5-9)8(10)4-6/h3-5,8H,6H2,1-2H3;2-4H,5H2,1H3. The summed E-state index contributed by atoms with van der Waals surface area (Å²) in [5, 5.41) is 1.14. The largest absolute Gasteiger partial charge is 0.281 e. The van der Waals surface area contributed by atoms with Crippen LogP contribution in [0.4, 0.5) is 0 Å². The number of carbonyl (C=O) groups is 1. The highest BCUT2D eigenvalue weighted by Crippen LogP contribution is 2.21. The summed E-state index contributed by atoms with van der Waals surface area (Å²) < 4.78 is 0. The maximum absolute atomic E-state index is 10.8. The van der Waals surface area contributed by atoms with E-state index >= 15 is 0 Å². The van der Waals surface area contributed by atoms with Gasteiger partial charge in [0.05, 0.1) is 0 Å². The Morgan fingerprint density at radius 1 is 0.958 bits per heavy atom. The topological polar surface area (TPSA) is 17.1 Å². The molecule has 0 aliphatic carbocycles. The summed E-state index contributed by atoms with van der Waals surface area (Å²) in [5.41, 5.74) is 4.25. The first-order valence-corrected chi connectivity index (χ1v) is 9.16. The van der Waals surface area contributed by atoms with Crippen molar-refractivity contribution in [2.24, 2.45) is 5.92 Å². The number of alkyl halides is 1. The van der Waals surface area contributed by atoms with Crippen LogP contribution in [0.5, 0.6) is 0 Å². The zero-order chi connectivity index (χ0) is 18.3. The molecule has 0 bridgehead atoms. The van der Waals surface area contributed by atoms with Crippen LogP contribution >= 0.6 is 46.4 Å². The van der Waals surface area contributed by atoms with Crippen LogP contribution in [0.15, 0.2) is 36.4 Å². The average molecular weight is 406 g/mol. The maximum Gasteiger partial charge on any atom is 0.224 e. The zero-order valence-corrected chi connectivity index (χ0v) is 16.9. The Morgan fingerprint density at radius 3 is 1.79 bits per heavy atom. The van der Waals surface area contributed by atoms with Gasteiger partial charge >= 0.3 is 0 Å². The van der Waals surface area contributed by atoms with Gasteiger partial charge in [-0.05, 0) is 66.3 Å². The van der Waals surface area contributed by atoms with E-state index < -0.39 is 0 Å². The third-order valence-corrected chi connectivity index (χ3v) is 4.84. The fourth-order valence-electron chi connectivity index (χ4n) is 1.99.